The minimum atomic E-state index is -0.733. The highest BCUT2D eigenvalue weighted by Crippen LogP contribution is 2.28. The molecule has 0 saturated heterocycles. The monoisotopic (exact) mass is 302 g/mol. The second-order valence-electron chi connectivity index (χ2n) is 3.47. The number of alkyl halides is 1. The molecule has 0 spiro atoms. The molecular weight excluding hydrogens is 294 g/mol. The second kappa shape index (κ2) is 4.83. The molecule has 2 rings (SSSR count). The summed E-state index contributed by atoms with van der Waals surface area (Å²) in [5.41, 5.74) is 0.513. The second-order valence-corrected chi connectivity index (χ2v) is 4.03. The Hall–Kier alpha value is -1.43. The lowest BCUT2D eigenvalue weighted by atomic mass is 10.2. The summed E-state index contributed by atoms with van der Waals surface area (Å²) in [7, 11) is 1.69. The van der Waals surface area contributed by atoms with Gasteiger partial charge < -0.3 is 4.74 Å². The molecule has 0 radical (unpaired) electrons. The molecule has 0 aliphatic rings. The Labute approximate surface area is 105 Å². The van der Waals surface area contributed by atoms with E-state index < -0.39 is 17.4 Å². The van der Waals surface area contributed by atoms with Crippen molar-refractivity contribution in [3.63, 3.8) is 0 Å². The molecule has 1 aromatic heterocycles. The lowest BCUT2D eigenvalue weighted by molar-refractivity contribution is 0.406. The molecule has 0 unspecified atom stereocenters. The fourth-order valence-electron chi connectivity index (χ4n) is 1.36. The van der Waals surface area contributed by atoms with Crippen LogP contribution in [0.15, 0.2) is 24.5 Å². The Balaban J connectivity index is 2.33. The van der Waals surface area contributed by atoms with Crippen LogP contribution in [-0.4, -0.2) is 9.78 Å². The number of hydrogen-bond acceptors (Lipinski definition) is 2. The Morgan fingerprint density at radius 3 is 2.47 bits per heavy atom. The summed E-state index contributed by atoms with van der Waals surface area (Å²) >= 11 is 3.13. The molecule has 90 valence electrons. The van der Waals surface area contributed by atoms with Crippen LogP contribution in [0.1, 0.15) is 5.56 Å². The van der Waals surface area contributed by atoms with E-state index in [1.807, 2.05) is 0 Å². The van der Waals surface area contributed by atoms with Gasteiger partial charge in [-0.3, -0.25) is 4.68 Å². The number of nitrogens with zero attached hydrogens (tertiary/aromatic N) is 2. The van der Waals surface area contributed by atoms with Gasteiger partial charge in [0.15, 0.2) is 23.1 Å². The first-order valence-corrected chi connectivity index (χ1v) is 5.92. The molecular formula is C11H9BrF2N2O. The average Bonchev–Trinajstić information content (AvgIpc) is 2.69. The van der Waals surface area contributed by atoms with Gasteiger partial charge >= 0.3 is 0 Å². The third-order valence-electron chi connectivity index (χ3n) is 2.11. The van der Waals surface area contributed by atoms with Crippen molar-refractivity contribution in [1.82, 2.24) is 9.78 Å². The van der Waals surface area contributed by atoms with E-state index in [9.17, 15) is 8.78 Å². The van der Waals surface area contributed by atoms with Crippen LogP contribution >= 0.6 is 15.9 Å². The van der Waals surface area contributed by atoms with Gasteiger partial charge in [-0.2, -0.15) is 5.10 Å². The predicted molar refractivity (Wildman–Crippen MR) is 62.3 cm³/mol. The van der Waals surface area contributed by atoms with Crippen molar-refractivity contribution in [3.8, 4) is 11.5 Å². The fourth-order valence-corrected chi connectivity index (χ4v) is 1.68. The average molecular weight is 303 g/mol. The number of benzene rings is 1. The number of halogens is 3. The summed E-state index contributed by atoms with van der Waals surface area (Å²) in [6, 6.07) is 2.45. The van der Waals surface area contributed by atoms with Crippen LogP contribution in [-0.2, 0) is 12.4 Å². The number of hydrogen-bond donors (Lipinski definition) is 0. The van der Waals surface area contributed by atoms with Crippen molar-refractivity contribution >= 4 is 15.9 Å². The Morgan fingerprint density at radius 1 is 1.35 bits per heavy atom. The van der Waals surface area contributed by atoms with E-state index in [0.29, 0.717) is 10.9 Å². The highest BCUT2D eigenvalue weighted by molar-refractivity contribution is 9.08. The van der Waals surface area contributed by atoms with E-state index in [4.69, 9.17) is 4.74 Å². The van der Waals surface area contributed by atoms with Crippen molar-refractivity contribution in [1.29, 1.82) is 0 Å². The first-order valence-electron chi connectivity index (χ1n) is 4.80. The van der Waals surface area contributed by atoms with E-state index in [2.05, 4.69) is 21.0 Å². The normalized spacial score (nSPS) is 10.6. The quantitative estimate of drug-likeness (QED) is 0.813. The van der Waals surface area contributed by atoms with E-state index in [-0.39, 0.29) is 5.75 Å². The third-order valence-corrected chi connectivity index (χ3v) is 2.76. The molecule has 0 N–H and O–H groups in total. The van der Waals surface area contributed by atoms with Crippen LogP contribution in [0.2, 0.25) is 0 Å². The van der Waals surface area contributed by atoms with Crippen molar-refractivity contribution in [2.45, 2.75) is 5.33 Å². The zero-order chi connectivity index (χ0) is 12.4. The van der Waals surface area contributed by atoms with Gasteiger partial charge in [-0.15, -0.1) is 0 Å². The maximum Gasteiger partial charge on any atom is 0.198 e. The van der Waals surface area contributed by atoms with E-state index in [1.165, 1.54) is 29.2 Å². The van der Waals surface area contributed by atoms with Gasteiger partial charge in [-0.1, -0.05) is 15.9 Å². The van der Waals surface area contributed by atoms with Gasteiger partial charge in [0.1, 0.15) is 0 Å². The van der Waals surface area contributed by atoms with Gasteiger partial charge in [-0.05, 0) is 17.7 Å². The van der Waals surface area contributed by atoms with Crippen molar-refractivity contribution in [2.24, 2.45) is 7.05 Å². The molecule has 0 saturated carbocycles. The van der Waals surface area contributed by atoms with Gasteiger partial charge in [0.2, 0.25) is 0 Å². The standard InChI is InChI=1S/C11H9BrF2N2O/c1-16-6-8(5-15-16)17-11-9(13)2-7(4-12)3-10(11)14/h2-3,5-6H,4H2,1H3. The van der Waals surface area contributed by atoms with Crippen molar-refractivity contribution in [3.05, 3.63) is 41.7 Å². The maximum atomic E-state index is 13.6. The van der Waals surface area contributed by atoms with Crippen LogP contribution in [0.25, 0.3) is 0 Å². The fraction of sp³-hybridized carbons (Fsp3) is 0.182. The first kappa shape index (κ1) is 12.0. The predicted octanol–water partition coefficient (Wildman–Crippen LogP) is 3.39. The Bertz CT molecular complexity index is 519. The SMILES string of the molecule is Cn1cc(Oc2c(F)cc(CBr)cc2F)cn1. The summed E-state index contributed by atoms with van der Waals surface area (Å²) in [4.78, 5) is 0. The molecule has 0 aliphatic carbocycles. The Kier molecular flexibility index (Phi) is 3.42. The summed E-state index contributed by atoms with van der Waals surface area (Å²) < 4.78 is 33.8. The summed E-state index contributed by atoms with van der Waals surface area (Å²) in [6.07, 6.45) is 2.91. The smallest absolute Gasteiger partial charge is 0.198 e. The molecule has 0 amide bonds. The molecule has 17 heavy (non-hydrogen) atoms. The minimum absolute atomic E-state index is 0.289. The van der Waals surface area contributed by atoms with Gasteiger partial charge in [0.05, 0.1) is 12.4 Å². The molecule has 6 heteroatoms. The minimum Gasteiger partial charge on any atom is -0.448 e. The summed E-state index contributed by atoms with van der Waals surface area (Å²) in [5.74, 6) is -1.59. The first-order chi connectivity index (χ1) is 8.10. The van der Waals surface area contributed by atoms with Gasteiger partial charge in [0, 0.05) is 12.4 Å². The highest BCUT2D eigenvalue weighted by atomic mass is 79.9. The van der Waals surface area contributed by atoms with E-state index >= 15 is 0 Å². The van der Waals surface area contributed by atoms with E-state index in [1.54, 1.807) is 7.05 Å². The topological polar surface area (TPSA) is 27.1 Å². The highest BCUT2D eigenvalue weighted by Gasteiger charge is 2.14. The summed E-state index contributed by atoms with van der Waals surface area (Å²) in [5, 5.41) is 4.23. The molecule has 0 atom stereocenters. The number of ether oxygens (including phenoxy) is 1. The number of rotatable bonds is 3. The Morgan fingerprint density at radius 2 is 2.00 bits per heavy atom. The molecule has 1 heterocycles. The van der Waals surface area contributed by atoms with Crippen molar-refractivity contribution in [2.75, 3.05) is 0 Å². The lowest BCUT2D eigenvalue weighted by Gasteiger charge is -2.07. The maximum absolute atomic E-state index is 13.6. The zero-order valence-corrected chi connectivity index (χ0v) is 10.5. The van der Waals surface area contributed by atoms with Crippen LogP contribution in [0.5, 0.6) is 11.5 Å². The molecule has 0 aliphatic heterocycles. The van der Waals surface area contributed by atoms with Crippen LogP contribution in [0, 0.1) is 11.6 Å². The van der Waals surface area contributed by atoms with Gasteiger partial charge in [-0.25, -0.2) is 8.78 Å². The van der Waals surface area contributed by atoms with Crippen LogP contribution < -0.4 is 4.74 Å². The third kappa shape index (κ3) is 2.63. The van der Waals surface area contributed by atoms with Gasteiger partial charge in [0.25, 0.3) is 0 Å². The largest absolute Gasteiger partial charge is 0.448 e. The molecule has 0 bridgehead atoms. The molecule has 0 fully saturated rings. The lowest BCUT2D eigenvalue weighted by Crippen LogP contribution is -1.94. The zero-order valence-electron chi connectivity index (χ0n) is 8.95. The number of aryl methyl sites for hydroxylation is 1. The van der Waals surface area contributed by atoms with E-state index in [0.717, 1.165) is 0 Å². The summed E-state index contributed by atoms with van der Waals surface area (Å²) in [6.45, 7) is 0. The van der Waals surface area contributed by atoms with Crippen LogP contribution in [0.4, 0.5) is 8.78 Å². The van der Waals surface area contributed by atoms with Crippen molar-refractivity contribution < 1.29 is 13.5 Å². The number of aromatic nitrogens is 2. The van der Waals surface area contributed by atoms with Crippen LogP contribution in [0.3, 0.4) is 0 Å². The molecule has 2 aromatic rings. The molecule has 1 aromatic carbocycles. The molecule has 3 nitrogen and oxygen atoms in total.